The quantitative estimate of drug-likeness (QED) is 0.668. The summed E-state index contributed by atoms with van der Waals surface area (Å²) in [5.41, 5.74) is -0.151. The highest BCUT2D eigenvalue weighted by Gasteiger charge is 2.11. The molecule has 0 aliphatic carbocycles. The van der Waals surface area contributed by atoms with Gasteiger partial charge in [-0.25, -0.2) is 17.8 Å². The zero-order valence-corrected chi connectivity index (χ0v) is 12.8. The first-order valence-corrected chi connectivity index (χ1v) is 7.84. The van der Waals surface area contributed by atoms with Gasteiger partial charge in [0.25, 0.3) is 5.56 Å². The second kappa shape index (κ2) is 7.58. The summed E-state index contributed by atoms with van der Waals surface area (Å²) < 4.78 is 30.7. The highest BCUT2D eigenvalue weighted by atomic mass is 35.5. The first-order chi connectivity index (χ1) is 9.41. The molecule has 8 nitrogen and oxygen atoms in total. The lowest BCUT2D eigenvalue weighted by Gasteiger charge is -2.10. The molecule has 114 valence electrons. The van der Waals surface area contributed by atoms with Crippen LogP contribution in [0.2, 0.25) is 5.02 Å². The van der Waals surface area contributed by atoms with Crippen LogP contribution in [0.5, 0.6) is 0 Å². The molecule has 1 aromatic heterocycles. The first kappa shape index (κ1) is 16.9. The Morgan fingerprint density at radius 1 is 1.50 bits per heavy atom. The van der Waals surface area contributed by atoms with Crippen LogP contribution >= 0.6 is 11.6 Å². The predicted molar refractivity (Wildman–Crippen MR) is 76.7 cm³/mol. The van der Waals surface area contributed by atoms with E-state index < -0.39 is 15.6 Å². The first-order valence-electron chi connectivity index (χ1n) is 5.81. The maximum absolute atomic E-state index is 11.9. The third-order valence-electron chi connectivity index (χ3n) is 2.49. The van der Waals surface area contributed by atoms with Gasteiger partial charge in [0.1, 0.15) is 5.02 Å². The molecule has 0 bridgehead atoms. The molecule has 0 radical (unpaired) electrons. The summed E-state index contributed by atoms with van der Waals surface area (Å²) >= 11 is 5.92. The third-order valence-corrected chi connectivity index (χ3v) is 4.22. The largest absolute Gasteiger partial charge is 0.383 e. The number of hydrogen-bond donors (Lipinski definition) is 2. The van der Waals surface area contributed by atoms with Crippen LogP contribution in [0.3, 0.4) is 0 Å². The molecule has 0 unspecified atom stereocenters. The number of hydrogen-bond acceptors (Lipinski definition) is 6. The van der Waals surface area contributed by atoms with Gasteiger partial charge in [-0.15, -0.1) is 0 Å². The minimum Gasteiger partial charge on any atom is -0.383 e. The molecule has 0 atom stereocenters. The Bertz CT molecular complexity index is 602. The molecule has 0 aliphatic heterocycles. The summed E-state index contributed by atoms with van der Waals surface area (Å²) in [6.45, 7) is 0.756. The van der Waals surface area contributed by atoms with E-state index in [0.29, 0.717) is 18.8 Å². The minimum absolute atomic E-state index is 0.0297. The molecule has 0 amide bonds. The standard InChI is InChI=1S/C10H17ClN4O4S/c1-12-20(17,18)6-3-13-8-7-14-15(4-5-19-2)10(16)9(8)11/h7,12-13H,3-6H2,1-2H3. The molecule has 1 rings (SSSR count). The fourth-order valence-corrected chi connectivity index (χ4v) is 2.14. The molecule has 0 spiro atoms. The fourth-order valence-electron chi connectivity index (χ4n) is 1.35. The molecular formula is C10H17ClN4O4S. The van der Waals surface area contributed by atoms with Crippen molar-refractivity contribution >= 4 is 27.3 Å². The van der Waals surface area contributed by atoms with E-state index in [1.54, 1.807) is 0 Å². The second-order valence-electron chi connectivity index (χ2n) is 3.84. The van der Waals surface area contributed by atoms with Gasteiger partial charge in [0, 0.05) is 13.7 Å². The highest BCUT2D eigenvalue weighted by Crippen LogP contribution is 2.14. The van der Waals surface area contributed by atoms with Crippen LogP contribution in [0.15, 0.2) is 11.0 Å². The van der Waals surface area contributed by atoms with Gasteiger partial charge >= 0.3 is 0 Å². The van der Waals surface area contributed by atoms with Crippen LogP contribution in [0.4, 0.5) is 5.69 Å². The average Bonchev–Trinajstić information content (AvgIpc) is 2.42. The summed E-state index contributed by atoms with van der Waals surface area (Å²) in [5.74, 6) is -0.132. The molecule has 0 aromatic carbocycles. The Balaban J connectivity index is 2.73. The van der Waals surface area contributed by atoms with Crippen molar-refractivity contribution in [1.29, 1.82) is 0 Å². The Labute approximate surface area is 122 Å². The van der Waals surface area contributed by atoms with Crippen molar-refractivity contribution < 1.29 is 13.2 Å². The molecule has 10 heteroatoms. The summed E-state index contributed by atoms with van der Waals surface area (Å²) in [7, 11) is -0.456. The van der Waals surface area contributed by atoms with Crippen molar-refractivity contribution in [2.75, 3.05) is 38.4 Å². The molecule has 0 aliphatic rings. The van der Waals surface area contributed by atoms with Crippen molar-refractivity contribution in [1.82, 2.24) is 14.5 Å². The van der Waals surface area contributed by atoms with E-state index in [-0.39, 0.29) is 17.3 Å². The highest BCUT2D eigenvalue weighted by molar-refractivity contribution is 7.89. The van der Waals surface area contributed by atoms with E-state index in [1.807, 2.05) is 0 Å². The maximum atomic E-state index is 11.9. The Kier molecular flexibility index (Phi) is 6.40. The van der Waals surface area contributed by atoms with E-state index >= 15 is 0 Å². The number of rotatable bonds is 8. The lowest BCUT2D eigenvalue weighted by atomic mass is 10.4. The molecule has 1 heterocycles. The van der Waals surface area contributed by atoms with Crippen molar-refractivity contribution in [3.05, 3.63) is 21.6 Å². The zero-order chi connectivity index (χ0) is 15.2. The van der Waals surface area contributed by atoms with E-state index in [2.05, 4.69) is 15.1 Å². The number of methoxy groups -OCH3 is 1. The second-order valence-corrected chi connectivity index (χ2v) is 6.27. The van der Waals surface area contributed by atoms with Crippen molar-refractivity contribution in [2.45, 2.75) is 6.54 Å². The maximum Gasteiger partial charge on any atom is 0.287 e. The van der Waals surface area contributed by atoms with Gasteiger partial charge in [-0.3, -0.25) is 4.79 Å². The van der Waals surface area contributed by atoms with Crippen LogP contribution in [0.1, 0.15) is 0 Å². The van der Waals surface area contributed by atoms with E-state index in [4.69, 9.17) is 16.3 Å². The van der Waals surface area contributed by atoms with Gasteiger partial charge in [-0.05, 0) is 7.05 Å². The molecule has 2 N–H and O–H groups in total. The van der Waals surface area contributed by atoms with Gasteiger partial charge in [-0.1, -0.05) is 11.6 Å². The van der Waals surface area contributed by atoms with Crippen LogP contribution < -0.4 is 15.6 Å². The van der Waals surface area contributed by atoms with Gasteiger partial charge < -0.3 is 10.1 Å². The van der Waals surface area contributed by atoms with Crippen LogP contribution in [0.25, 0.3) is 0 Å². The Hall–Kier alpha value is -1.16. The lowest BCUT2D eigenvalue weighted by molar-refractivity contribution is 0.182. The van der Waals surface area contributed by atoms with Crippen molar-refractivity contribution in [2.24, 2.45) is 0 Å². The van der Waals surface area contributed by atoms with Crippen LogP contribution in [-0.2, 0) is 21.3 Å². The lowest BCUT2D eigenvalue weighted by Crippen LogP contribution is -2.28. The van der Waals surface area contributed by atoms with E-state index in [0.717, 1.165) is 0 Å². The van der Waals surface area contributed by atoms with Crippen molar-refractivity contribution in [3.8, 4) is 0 Å². The van der Waals surface area contributed by atoms with Gasteiger partial charge in [0.05, 0.1) is 30.8 Å². The van der Waals surface area contributed by atoms with Crippen LogP contribution in [-0.4, -0.2) is 51.3 Å². The molecular weight excluding hydrogens is 308 g/mol. The number of halogens is 1. The molecule has 0 saturated heterocycles. The average molecular weight is 325 g/mol. The topological polar surface area (TPSA) is 102 Å². The molecule has 0 fully saturated rings. The van der Waals surface area contributed by atoms with Crippen molar-refractivity contribution in [3.63, 3.8) is 0 Å². The number of ether oxygens (including phenoxy) is 1. The van der Waals surface area contributed by atoms with Gasteiger partial charge in [0.2, 0.25) is 10.0 Å². The smallest absolute Gasteiger partial charge is 0.287 e. The Morgan fingerprint density at radius 3 is 2.80 bits per heavy atom. The van der Waals surface area contributed by atoms with Crippen LogP contribution in [0, 0.1) is 0 Å². The number of nitrogens with zero attached hydrogens (tertiary/aromatic N) is 2. The van der Waals surface area contributed by atoms with E-state index in [9.17, 15) is 13.2 Å². The summed E-state index contributed by atoms with van der Waals surface area (Å²) in [6, 6.07) is 0. The minimum atomic E-state index is -3.31. The third kappa shape index (κ3) is 4.75. The summed E-state index contributed by atoms with van der Waals surface area (Å²) in [6.07, 6.45) is 1.38. The molecule has 0 saturated carbocycles. The normalized spacial score (nSPS) is 11.6. The molecule has 1 aromatic rings. The Morgan fingerprint density at radius 2 is 2.20 bits per heavy atom. The zero-order valence-electron chi connectivity index (χ0n) is 11.2. The van der Waals surface area contributed by atoms with Gasteiger partial charge in [0.15, 0.2) is 0 Å². The number of nitrogens with one attached hydrogen (secondary N) is 2. The number of anilines is 1. The summed E-state index contributed by atoms with van der Waals surface area (Å²) in [4.78, 5) is 11.9. The monoisotopic (exact) mass is 324 g/mol. The SMILES string of the molecule is CNS(=O)(=O)CCNc1cnn(CCOC)c(=O)c1Cl. The molecule has 20 heavy (non-hydrogen) atoms. The predicted octanol–water partition coefficient (Wildman–Crippen LogP) is -0.496. The van der Waals surface area contributed by atoms with E-state index in [1.165, 1.54) is 25.0 Å². The number of sulfonamides is 1. The number of aromatic nitrogens is 2. The van der Waals surface area contributed by atoms with Gasteiger partial charge in [-0.2, -0.15) is 5.10 Å². The fraction of sp³-hybridized carbons (Fsp3) is 0.600. The summed E-state index contributed by atoms with van der Waals surface area (Å²) in [5, 5.41) is 6.66.